The van der Waals surface area contributed by atoms with Crippen LogP contribution in [-0.4, -0.2) is 84.8 Å². The van der Waals surface area contributed by atoms with Gasteiger partial charge in [0.2, 0.25) is 0 Å². The highest BCUT2D eigenvalue weighted by molar-refractivity contribution is 6.09. The quantitative estimate of drug-likeness (QED) is 0.186. The van der Waals surface area contributed by atoms with Crippen LogP contribution in [0.4, 0.5) is 18.9 Å². The van der Waals surface area contributed by atoms with Gasteiger partial charge in [-0.15, -0.1) is 0 Å². The summed E-state index contributed by atoms with van der Waals surface area (Å²) in [5, 5.41) is 19.5. The molecule has 1 unspecified atom stereocenters. The predicted molar refractivity (Wildman–Crippen MR) is 166 cm³/mol. The third kappa shape index (κ3) is 7.32. The normalized spacial score (nSPS) is 16.1. The van der Waals surface area contributed by atoms with E-state index in [1.54, 1.807) is 12.3 Å². The molecule has 5 aromatic rings. The molecule has 1 atom stereocenters. The van der Waals surface area contributed by atoms with Crippen molar-refractivity contribution < 1.29 is 27.9 Å². The lowest BCUT2D eigenvalue weighted by atomic mass is 9.99. The Morgan fingerprint density at radius 1 is 1.07 bits per heavy atom. The number of hydrogen-bond acceptors (Lipinski definition) is 6. The summed E-state index contributed by atoms with van der Waals surface area (Å²) in [5.74, 6) is -2.99. The molecule has 1 saturated heterocycles. The van der Waals surface area contributed by atoms with Crippen LogP contribution in [0.5, 0.6) is 0 Å². The summed E-state index contributed by atoms with van der Waals surface area (Å²) >= 11 is 0. The number of carboxylic acids is 1. The minimum Gasteiger partial charge on any atom is -0.475 e. The van der Waals surface area contributed by atoms with E-state index in [0.29, 0.717) is 23.5 Å². The molecule has 236 valence electrons. The van der Waals surface area contributed by atoms with E-state index in [0.717, 1.165) is 64.8 Å². The van der Waals surface area contributed by atoms with Crippen LogP contribution in [0.1, 0.15) is 37.0 Å². The van der Waals surface area contributed by atoms with E-state index < -0.39 is 12.1 Å². The maximum Gasteiger partial charge on any atom is 0.490 e. The number of piperazine rings is 1. The Hall–Kier alpha value is -4.75. The van der Waals surface area contributed by atoms with Crippen molar-refractivity contribution in [1.82, 2.24) is 30.0 Å². The monoisotopic (exact) mass is 621 g/mol. The molecule has 0 spiro atoms. The fourth-order valence-electron chi connectivity index (χ4n) is 5.71. The number of carbonyl (C=O) groups is 2. The topological polar surface area (TPSA) is 130 Å². The number of aromatic amines is 2. The van der Waals surface area contributed by atoms with Crippen molar-refractivity contribution >= 4 is 39.4 Å². The van der Waals surface area contributed by atoms with Crippen LogP contribution < -0.4 is 5.32 Å². The van der Waals surface area contributed by atoms with Crippen LogP contribution in [0.3, 0.4) is 0 Å². The summed E-state index contributed by atoms with van der Waals surface area (Å²) in [6, 6.07) is 19.1. The number of fused-ring (bicyclic) bond motifs is 2. The minimum atomic E-state index is -5.08. The van der Waals surface area contributed by atoms with Gasteiger partial charge in [0.15, 0.2) is 0 Å². The standard InChI is InChI=1S/C30H33N7O.C2HF3O2/c1-19(2)37-13-12-36(17-20(37)3)18-22-6-4-9-27(33-22)30(38)34-28-14-21(15-29-25(28)16-32-35-29)23-7-5-8-26-24(23)10-11-31-26;3-2(4,5)1(6)7/h4-11,14-16,19-20,31H,12-13,17-18H2,1-3H3,(H,32,35)(H,34,38);(H,6,7). The van der Waals surface area contributed by atoms with Crippen molar-refractivity contribution in [2.75, 3.05) is 25.0 Å². The summed E-state index contributed by atoms with van der Waals surface area (Å²) in [6.45, 7) is 10.6. The number of alkyl halides is 3. The summed E-state index contributed by atoms with van der Waals surface area (Å²) in [7, 11) is 0. The maximum atomic E-state index is 13.4. The number of hydrogen-bond donors (Lipinski definition) is 4. The number of aromatic nitrogens is 4. The Labute approximate surface area is 257 Å². The smallest absolute Gasteiger partial charge is 0.475 e. The van der Waals surface area contributed by atoms with Crippen molar-refractivity contribution in [2.45, 2.75) is 45.6 Å². The zero-order chi connectivity index (χ0) is 32.3. The van der Waals surface area contributed by atoms with Gasteiger partial charge in [-0.2, -0.15) is 18.3 Å². The number of H-pyrrole nitrogens is 2. The summed E-state index contributed by atoms with van der Waals surface area (Å²) in [5.41, 5.74) is 6.03. The average molecular weight is 622 g/mol. The van der Waals surface area contributed by atoms with E-state index in [4.69, 9.17) is 14.9 Å². The van der Waals surface area contributed by atoms with Crippen molar-refractivity contribution in [3.63, 3.8) is 0 Å². The highest BCUT2D eigenvalue weighted by atomic mass is 19.4. The molecule has 1 fully saturated rings. The number of aliphatic carboxylic acids is 1. The Kier molecular flexibility index (Phi) is 9.21. The van der Waals surface area contributed by atoms with Gasteiger partial charge in [-0.05, 0) is 68.3 Å². The maximum absolute atomic E-state index is 13.4. The zero-order valence-electron chi connectivity index (χ0n) is 25.0. The van der Waals surface area contributed by atoms with Crippen LogP contribution in [0.2, 0.25) is 0 Å². The molecule has 0 aliphatic carbocycles. The summed E-state index contributed by atoms with van der Waals surface area (Å²) in [4.78, 5) is 35.2. The Balaban J connectivity index is 0.000000515. The lowest BCUT2D eigenvalue weighted by Crippen LogP contribution is -2.53. The summed E-state index contributed by atoms with van der Waals surface area (Å²) < 4.78 is 31.7. The van der Waals surface area contributed by atoms with Crippen molar-refractivity contribution in [3.8, 4) is 11.1 Å². The van der Waals surface area contributed by atoms with Crippen LogP contribution in [0.25, 0.3) is 32.9 Å². The van der Waals surface area contributed by atoms with E-state index in [-0.39, 0.29) is 5.91 Å². The van der Waals surface area contributed by atoms with E-state index in [2.05, 4.69) is 75.3 Å². The molecule has 13 heteroatoms. The van der Waals surface area contributed by atoms with Gasteiger partial charge in [-0.3, -0.25) is 19.7 Å². The van der Waals surface area contributed by atoms with Crippen LogP contribution >= 0.6 is 0 Å². The number of amides is 1. The first-order chi connectivity index (χ1) is 21.4. The number of halogens is 3. The molecular weight excluding hydrogens is 587 g/mol. The number of rotatable bonds is 6. The van der Waals surface area contributed by atoms with Crippen LogP contribution in [0.15, 0.2) is 67.0 Å². The molecule has 10 nitrogen and oxygen atoms in total. The van der Waals surface area contributed by atoms with E-state index >= 15 is 0 Å². The molecule has 1 aliphatic rings. The first-order valence-corrected chi connectivity index (χ1v) is 14.5. The van der Waals surface area contributed by atoms with Crippen molar-refractivity contribution in [3.05, 3.63) is 78.4 Å². The second kappa shape index (κ2) is 13.1. The van der Waals surface area contributed by atoms with Gasteiger partial charge >= 0.3 is 12.1 Å². The molecule has 0 saturated carbocycles. The van der Waals surface area contributed by atoms with E-state index in [9.17, 15) is 18.0 Å². The van der Waals surface area contributed by atoms with Crippen LogP contribution in [-0.2, 0) is 11.3 Å². The number of pyridine rings is 1. The SMILES string of the molecule is CC(C)N1CCN(Cc2cccc(C(=O)Nc3cc(-c4cccc5[nH]ccc45)cc4[nH]ncc34)n2)CC1C.O=C(O)C(F)(F)F. The number of carboxylic acid groups (broad SMARTS) is 1. The largest absolute Gasteiger partial charge is 0.490 e. The highest BCUT2D eigenvalue weighted by Crippen LogP contribution is 2.34. The second-order valence-electron chi connectivity index (χ2n) is 11.3. The van der Waals surface area contributed by atoms with Gasteiger partial charge < -0.3 is 15.4 Å². The number of nitrogens with zero attached hydrogens (tertiary/aromatic N) is 4. The first kappa shape index (κ1) is 31.7. The number of benzene rings is 2. The Morgan fingerprint density at radius 3 is 2.53 bits per heavy atom. The third-order valence-electron chi connectivity index (χ3n) is 7.81. The molecule has 45 heavy (non-hydrogen) atoms. The Morgan fingerprint density at radius 2 is 1.82 bits per heavy atom. The van der Waals surface area contributed by atoms with E-state index in [1.807, 2.05) is 30.5 Å². The van der Waals surface area contributed by atoms with Gasteiger partial charge in [-0.1, -0.05) is 18.2 Å². The first-order valence-electron chi connectivity index (χ1n) is 14.5. The van der Waals surface area contributed by atoms with Crippen LogP contribution in [0, 0.1) is 0 Å². The predicted octanol–water partition coefficient (Wildman–Crippen LogP) is 5.91. The number of carbonyl (C=O) groups excluding carboxylic acids is 1. The molecular formula is C32H34F3N7O3. The molecule has 6 rings (SSSR count). The molecule has 4 N–H and O–H groups in total. The van der Waals surface area contributed by atoms with Crippen molar-refractivity contribution in [2.24, 2.45) is 0 Å². The molecule has 1 aliphatic heterocycles. The fraction of sp³-hybridized carbons (Fsp3) is 0.312. The van der Waals surface area contributed by atoms with Crippen molar-refractivity contribution in [1.29, 1.82) is 0 Å². The molecule has 1 amide bonds. The van der Waals surface area contributed by atoms with Gasteiger partial charge in [0, 0.05) is 60.7 Å². The molecule has 4 heterocycles. The van der Waals surface area contributed by atoms with Gasteiger partial charge in [0.1, 0.15) is 5.69 Å². The number of nitrogens with one attached hydrogen (secondary N) is 3. The number of anilines is 1. The molecule has 3 aromatic heterocycles. The zero-order valence-corrected chi connectivity index (χ0v) is 25.0. The summed E-state index contributed by atoms with van der Waals surface area (Å²) in [6.07, 6.45) is -1.40. The Bertz CT molecular complexity index is 1810. The highest BCUT2D eigenvalue weighted by Gasteiger charge is 2.38. The van der Waals surface area contributed by atoms with Gasteiger partial charge in [0.25, 0.3) is 5.91 Å². The third-order valence-corrected chi connectivity index (χ3v) is 7.81. The van der Waals surface area contributed by atoms with E-state index in [1.165, 1.54) is 0 Å². The van der Waals surface area contributed by atoms with Gasteiger partial charge in [-0.25, -0.2) is 9.78 Å². The lowest BCUT2D eigenvalue weighted by Gasteiger charge is -2.42. The molecule has 0 bridgehead atoms. The fourth-order valence-corrected chi connectivity index (χ4v) is 5.71. The lowest BCUT2D eigenvalue weighted by molar-refractivity contribution is -0.192. The molecule has 2 aromatic carbocycles. The molecule has 0 radical (unpaired) electrons. The average Bonchev–Trinajstić information content (AvgIpc) is 3.67. The van der Waals surface area contributed by atoms with Gasteiger partial charge in [0.05, 0.1) is 23.1 Å². The minimum absolute atomic E-state index is 0.232. The second-order valence-corrected chi connectivity index (χ2v) is 11.3.